The van der Waals surface area contributed by atoms with Crippen molar-refractivity contribution in [1.29, 1.82) is 0 Å². The molecule has 0 aliphatic rings. The van der Waals surface area contributed by atoms with E-state index in [1.165, 1.54) is 0 Å². The average Bonchev–Trinajstić information content (AvgIpc) is 1.80. The van der Waals surface area contributed by atoms with Gasteiger partial charge in [-0.3, -0.25) is 4.79 Å². The monoisotopic (exact) mass is 198 g/mol. The van der Waals surface area contributed by atoms with E-state index < -0.39 is 30.9 Å². The standard InChI is InChI=1S/C4H8O5.CH2O3/c5-3(6)1-2-4(7,8)9;2-1(3)4/h7-9H,1-2H2,(H,5,6);(H2,2,3,4). The molecule has 0 amide bonds. The Morgan fingerprint density at radius 1 is 1.00 bits per heavy atom. The molecule has 8 heteroatoms. The summed E-state index contributed by atoms with van der Waals surface area (Å²) in [4.78, 5) is 18.3. The first-order valence-electron chi connectivity index (χ1n) is 2.96. The maximum Gasteiger partial charge on any atom is 0.503 e. The molecule has 0 radical (unpaired) electrons. The number of hydrogen-bond acceptors (Lipinski definition) is 5. The summed E-state index contributed by atoms with van der Waals surface area (Å²) in [6, 6.07) is 0. The highest BCUT2D eigenvalue weighted by atomic mass is 16.7. The number of aliphatic carboxylic acids is 1. The summed E-state index contributed by atoms with van der Waals surface area (Å²) in [6.07, 6.45) is -2.88. The van der Waals surface area contributed by atoms with Gasteiger partial charge in [0.25, 0.3) is 5.97 Å². The number of carbonyl (C=O) groups is 2. The molecule has 0 bridgehead atoms. The first kappa shape index (κ1) is 14.2. The van der Waals surface area contributed by atoms with Crippen LogP contribution >= 0.6 is 0 Å². The minimum atomic E-state index is -2.85. The van der Waals surface area contributed by atoms with E-state index in [9.17, 15) is 4.79 Å². The van der Waals surface area contributed by atoms with E-state index in [2.05, 4.69) is 0 Å². The zero-order valence-electron chi connectivity index (χ0n) is 6.41. The molecular formula is C5H10O8. The van der Waals surface area contributed by atoms with Crippen LogP contribution in [0.5, 0.6) is 0 Å². The van der Waals surface area contributed by atoms with Gasteiger partial charge in [-0.25, -0.2) is 4.79 Å². The Balaban J connectivity index is 0. The molecule has 8 nitrogen and oxygen atoms in total. The second-order valence-electron chi connectivity index (χ2n) is 1.95. The molecule has 0 heterocycles. The van der Waals surface area contributed by atoms with Crippen molar-refractivity contribution in [2.75, 3.05) is 0 Å². The lowest BCUT2D eigenvalue weighted by Gasteiger charge is -2.10. The maximum atomic E-state index is 9.71. The molecule has 0 aliphatic carbocycles. The smallest absolute Gasteiger partial charge is 0.481 e. The summed E-state index contributed by atoms with van der Waals surface area (Å²) >= 11 is 0. The van der Waals surface area contributed by atoms with Crippen molar-refractivity contribution in [3.05, 3.63) is 0 Å². The summed E-state index contributed by atoms with van der Waals surface area (Å²) in [5.74, 6) is -4.03. The van der Waals surface area contributed by atoms with Gasteiger partial charge in [-0.1, -0.05) is 0 Å². The largest absolute Gasteiger partial charge is 0.503 e. The van der Waals surface area contributed by atoms with Gasteiger partial charge in [0.1, 0.15) is 0 Å². The van der Waals surface area contributed by atoms with Crippen LogP contribution in [0.3, 0.4) is 0 Å². The van der Waals surface area contributed by atoms with E-state index in [0.717, 1.165) is 0 Å². The maximum absolute atomic E-state index is 9.71. The Morgan fingerprint density at radius 3 is 1.38 bits per heavy atom. The number of carboxylic acid groups (broad SMARTS) is 3. The van der Waals surface area contributed by atoms with Crippen LogP contribution in [-0.2, 0) is 4.79 Å². The van der Waals surface area contributed by atoms with Crippen molar-refractivity contribution in [1.82, 2.24) is 0 Å². The molecule has 6 N–H and O–H groups in total. The van der Waals surface area contributed by atoms with Crippen molar-refractivity contribution < 1.29 is 40.2 Å². The molecular weight excluding hydrogens is 188 g/mol. The Hall–Kier alpha value is -1.38. The molecule has 0 atom stereocenters. The van der Waals surface area contributed by atoms with Gasteiger partial charge in [0.2, 0.25) is 0 Å². The molecule has 0 fully saturated rings. The fourth-order valence-corrected chi connectivity index (χ4v) is 0.275. The molecule has 0 aromatic rings. The third-order valence-corrected chi connectivity index (χ3v) is 0.674. The summed E-state index contributed by atoms with van der Waals surface area (Å²) in [7, 11) is 0. The molecule has 78 valence electrons. The van der Waals surface area contributed by atoms with E-state index in [1.54, 1.807) is 0 Å². The molecule has 0 saturated heterocycles. The van der Waals surface area contributed by atoms with E-state index >= 15 is 0 Å². The van der Waals surface area contributed by atoms with E-state index in [0.29, 0.717) is 0 Å². The van der Waals surface area contributed by atoms with Gasteiger partial charge in [0, 0.05) is 6.42 Å². The Morgan fingerprint density at radius 2 is 1.31 bits per heavy atom. The Bertz CT molecular complexity index is 164. The second-order valence-corrected chi connectivity index (χ2v) is 1.95. The van der Waals surface area contributed by atoms with Crippen molar-refractivity contribution in [3.63, 3.8) is 0 Å². The normalized spacial score (nSPS) is 9.77. The first-order valence-corrected chi connectivity index (χ1v) is 2.96. The van der Waals surface area contributed by atoms with Gasteiger partial charge in [-0.15, -0.1) is 0 Å². The van der Waals surface area contributed by atoms with Crippen LogP contribution in [0.15, 0.2) is 0 Å². The quantitative estimate of drug-likeness (QED) is 0.306. The van der Waals surface area contributed by atoms with Gasteiger partial charge < -0.3 is 30.6 Å². The lowest BCUT2D eigenvalue weighted by Crippen LogP contribution is -2.27. The van der Waals surface area contributed by atoms with Crippen molar-refractivity contribution in [2.24, 2.45) is 0 Å². The molecule has 0 unspecified atom stereocenters. The first-order chi connectivity index (χ1) is 5.65. The SMILES string of the molecule is O=C(O)CCC(O)(O)O.O=C(O)O. The van der Waals surface area contributed by atoms with Crippen LogP contribution in [0.2, 0.25) is 0 Å². The molecule has 0 aromatic carbocycles. The van der Waals surface area contributed by atoms with E-state index in [-0.39, 0.29) is 0 Å². The molecule has 0 rings (SSSR count). The Kier molecular flexibility index (Phi) is 6.72. The van der Waals surface area contributed by atoms with Gasteiger partial charge >= 0.3 is 12.1 Å². The van der Waals surface area contributed by atoms with Gasteiger partial charge in [-0.05, 0) is 0 Å². The van der Waals surface area contributed by atoms with Crippen LogP contribution in [0, 0.1) is 0 Å². The minimum absolute atomic E-state index is 0.469. The lowest BCUT2D eigenvalue weighted by molar-refractivity contribution is -0.314. The van der Waals surface area contributed by atoms with Crippen LogP contribution < -0.4 is 0 Å². The number of hydrogen-bond donors (Lipinski definition) is 6. The summed E-state index contributed by atoms with van der Waals surface area (Å²) in [5, 5.41) is 46.2. The third-order valence-electron chi connectivity index (χ3n) is 0.674. The molecule has 0 aromatic heterocycles. The predicted octanol–water partition coefficient (Wildman–Crippen LogP) is -1.30. The van der Waals surface area contributed by atoms with E-state index in [4.69, 9.17) is 35.4 Å². The van der Waals surface area contributed by atoms with E-state index in [1.807, 2.05) is 0 Å². The van der Waals surface area contributed by atoms with Crippen molar-refractivity contribution in [2.45, 2.75) is 18.8 Å². The van der Waals surface area contributed by atoms with Gasteiger partial charge in [-0.2, -0.15) is 0 Å². The highest BCUT2D eigenvalue weighted by molar-refractivity contribution is 5.66. The third kappa shape index (κ3) is 37.0. The zero-order valence-corrected chi connectivity index (χ0v) is 6.41. The van der Waals surface area contributed by atoms with Crippen LogP contribution in [0.4, 0.5) is 4.79 Å². The van der Waals surface area contributed by atoms with Crippen molar-refractivity contribution >= 4 is 12.1 Å². The van der Waals surface area contributed by atoms with Crippen molar-refractivity contribution in [3.8, 4) is 0 Å². The number of carboxylic acids is 1. The van der Waals surface area contributed by atoms with Crippen LogP contribution in [0.25, 0.3) is 0 Å². The minimum Gasteiger partial charge on any atom is -0.481 e. The zero-order chi connectivity index (χ0) is 11.1. The number of aliphatic hydroxyl groups is 3. The average molecular weight is 198 g/mol. The van der Waals surface area contributed by atoms with Crippen LogP contribution in [-0.4, -0.2) is 48.7 Å². The number of rotatable bonds is 3. The molecule has 0 saturated carbocycles. The summed E-state index contributed by atoms with van der Waals surface area (Å²) in [5.41, 5.74) is 0. The molecule has 0 aliphatic heterocycles. The highest BCUT2D eigenvalue weighted by Crippen LogP contribution is 2.02. The molecule has 0 spiro atoms. The van der Waals surface area contributed by atoms with Crippen LogP contribution in [0.1, 0.15) is 12.8 Å². The van der Waals surface area contributed by atoms with Gasteiger partial charge in [0.05, 0.1) is 6.42 Å². The summed E-state index contributed by atoms with van der Waals surface area (Å²) < 4.78 is 0. The second kappa shape index (κ2) is 6.17. The summed E-state index contributed by atoms with van der Waals surface area (Å²) in [6.45, 7) is 0. The fraction of sp³-hybridized carbons (Fsp3) is 0.600. The topological polar surface area (TPSA) is 156 Å². The van der Waals surface area contributed by atoms with Gasteiger partial charge in [0.15, 0.2) is 0 Å². The molecule has 13 heavy (non-hydrogen) atoms. The fourth-order valence-electron chi connectivity index (χ4n) is 0.275. The lowest BCUT2D eigenvalue weighted by atomic mass is 10.3. The Labute approximate surface area is 72.3 Å². The predicted molar refractivity (Wildman–Crippen MR) is 36.9 cm³/mol. The highest BCUT2D eigenvalue weighted by Gasteiger charge is 2.18.